The zero-order valence-corrected chi connectivity index (χ0v) is 14.1. The average molecular weight is 340 g/mol. The molecule has 124 valence electrons. The van der Waals surface area contributed by atoms with Crippen LogP contribution in [0.2, 0.25) is 0 Å². The molecule has 0 radical (unpaired) electrons. The number of hydrogen-bond acceptors (Lipinski definition) is 4. The van der Waals surface area contributed by atoms with Crippen LogP contribution in [0, 0.1) is 0 Å². The van der Waals surface area contributed by atoms with Gasteiger partial charge in [0.25, 0.3) is 0 Å². The van der Waals surface area contributed by atoms with Crippen LogP contribution in [-0.4, -0.2) is 35.8 Å². The van der Waals surface area contributed by atoms with E-state index in [2.05, 4.69) is 10.6 Å². The van der Waals surface area contributed by atoms with Gasteiger partial charge in [-0.15, -0.1) is 0 Å². The first-order valence-electron chi connectivity index (χ1n) is 8.03. The molecule has 1 amide bonds. The van der Waals surface area contributed by atoms with E-state index in [1.54, 1.807) is 30.3 Å². The van der Waals surface area contributed by atoms with Crippen molar-refractivity contribution >= 4 is 29.1 Å². The van der Waals surface area contributed by atoms with Gasteiger partial charge in [0.1, 0.15) is 0 Å². The van der Waals surface area contributed by atoms with Gasteiger partial charge >= 0.3 is 0 Å². The smallest absolute Gasteiger partial charge is 0.225 e. The molecule has 0 aliphatic carbocycles. The maximum absolute atomic E-state index is 12.5. The molecule has 1 fully saturated rings. The SMILES string of the molecule is O=C(CC1CSCCN1)Nc1cccc(C(=O)c2ccccc2)c1. The number of ketones is 1. The standard InChI is InChI=1S/C19H20N2O2S/c22-18(12-17-13-24-10-9-20-17)21-16-8-4-7-15(11-16)19(23)14-5-2-1-3-6-14/h1-8,11,17,20H,9-10,12-13H2,(H,21,22). The maximum atomic E-state index is 12.5. The Morgan fingerprint density at radius 2 is 1.88 bits per heavy atom. The molecule has 3 rings (SSSR count). The van der Waals surface area contributed by atoms with Crippen LogP contribution < -0.4 is 10.6 Å². The number of anilines is 1. The van der Waals surface area contributed by atoms with Crippen LogP contribution in [0.1, 0.15) is 22.3 Å². The zero-order chi connectivity index (χ0) is 16.8. The molecular weight excluding hydrogens is 320 g/mol. The van der Waals surface area contributed by atoms with Gasteiger partial charge < -0.3 is 10.6 Å². The van der Waals surface area contributed by atoms with E-state index in [-0.39, 0.29) is 17.7 Å². The molecule has 1 unspecified atom stereocenters. The second-order valence-corrected chi connectivity index (χ2v) is 6.90. The van der Waals surface area contributed by atoms with E-state index < -0.39 is 0 Å². The molecule has 0 spiro atoms. The summed E-state index contributed by atoms with van der Waals surface area (Å²) in [5.41, 5.74) is 1.87. The highest BCUT2D eigenvalue weighted by atomic mass is 32.2. The number of nitrogens with one attached hydrogen (secondary N) is 2. The lowest BCUT2D eigenvalue weighted by molar-refractivity contribution is -0.116. The Bertz CT molecular complexity index is 712. The summed E-state index contributed by atoms with van der Waals surface area (Å²) in [7, 11) is 0. The first-order chi connectivity index (χ1) is 11.7. The molecule has 1 saturated heterocycles. The summed E-state index contributed by atoms with van der Waals surface area (Å²) in [6.45, 7) is 0.948. The van der Waals surface area contributed by atoms with Crippen molar-refractivity contribution in [1.82, 2.24) is 5.32 Å². The average Bonchev–Trinajstić information content (AvgIpc) is 2.63. The molecule has 1 aliphatic rings. The van der Waals surface area contributed by atoms with E-state index >= 15 is 0 Å². The monoisotopic (exact) mass is 340 g/mol. The number of carbonyl (C=O) groups is 2. The quantitative estimate of drug-likeness (QED) is 0.822. The summed E-state index contributed by atoms with van der Waals surface area (Å²) in [5, 5.41) is 6.25. The van der Waals surface area contributed by atoms with Crippen LogP contribution in [-0.2, 0) is 4.79 Å². The highest BCUT2D eigenvalue weighted by Crippen LogP contribution is 2.16. The predicted molar refractivity (Wildman–Crippen MR) is 98.7 cm³/mol. The normalized spacial score (nSPS) is 17.2. The van der Waals surface area contributed by atoms with Crippen molar-refractivity contribution in [2.24, 2.45) is 0 Å². The number of carbonyl (C=O) groups excluding carboxylic acids is 2. The van der Waals surface area contributed by atoms with E-state index in [1.165, 1.54) is 0 Å². The Morgan fingerprint density at radius 1 is 1.08 bits per heavy atom. The minimum atomic E-state index is -0.0444. The van der Waals surface area contributed by atoms with Gasteiger partial charge in [-0.25, -0.2) is 0 Å². The molecule has 0 saturated carbocycles. The van der Waals surface area contributed by atoms with Gasteiger partial charge in [0, 0.05) is 47.3 Å². The minimum absolute atomic E-state index is 0.0284. The highest BCUT2D eigenvalue weighted by Gasteiger charge is 2.17. The van der Waals surface area contributed by atoms with Crippen molar-refractivity contribution in [2.45, 2.75) is 12.5 Å². The van der Waals surface area contributed by atoms with Crippen LogP contribution in [0.3, 0.4) is 0 Å². The highest BCUT2D eigenvalue weighted by molar-refractivity contribution is 7.99. The summed E-state index contributed by atoms with van der Waals surface area (Å²) in [5.74, 6) is 1.98. The second kappa shape index (κ2) is 8.13. The Kier molecular flexibility index (Phi) is 5.67. The van der Waals surface area contributed by atoms with E-state index in [1.807, 2.05) is 36.0 Å². The summed E-state index contributed by atoms with van der Waals surface area (Å²) < 4.78 is 0. The molecule has 1 aliphatic heterocycles. The Hall–Kier alpha value is -2.11. The molecule has 1 heterocycles. The van der Waals surface area contributed by atoms with Gasteiger partial charge in [0.15, 0.2) is 5.78 Å². The molecule has 2 N–H and O–H groups in total. The third-order valence-corrected chi connectivity index (χ3v) is 5.01. The molecular formula is C19H20N2O2S. The number of thioether (sulfide) groups is 1. The lowest BCUT2D eigenvalue weighted by atomic mass is 10.0. The van der Waals surface area contributed by atoms with E-state index in [9.17, 15) is 9.59 Å². The lowest BCUT2D eigenvalue weighted by Gasteiger charge is -2.22. The van der Waals surface area contributed by atoms with Crippen molar-refractivity contribution in [2.75, 3.05) is 23.4 Å². The predicted octanol–water partition coefficient (Wildman–Crippen LogP) is 2.95. The topological polar surface area (TPSA) is 58.2 Å². The summed E-state index contributed by atoms with van der Waals surface area (Å²) >= 11 is 1.87. The Labute approximate surface area is 146 Å². The van der Waals surface area contributed by atoms with Crippen molar-refractivity contribution < 1.29 is 9.59 Å². The van der Waals surface area contributed by atoms with Crippen LogP contribution in [0.25, 0.3) is 0 Å². The largest absolute Gasteiger partial charge is 0.326 e. The fourth-order valence-corrected chi connectivity index (χ4v) is 3.63. The summed E-state index contributed by atoms with van der Waals surface area (Å²) in [4.78, 5) is 24.7. The fraction of sp³-hybridized carbons (Fsp3) is 0.263. The van der Waals surface area contributed by atoms with Crippen molar-refractivity contribution in [3.63, 3.8) is 0 Å². The Balaban J connectivity index is 1.64. The van der Waals surface area contributed by atoms with Gasteiger partial charge in [-0.05, 0) is 12.1 Å². The molecule has 24 heavy (non-hydrogen) atoms. The summed E-state index contributed by atoms with van der Waals surface area (Å²) in [6.07, 6.45) is 0.448. The lowest BCUT2D eigenvalue weighted by Crippen LogP contribution is -2.39. The van der Waals surface area contributed by atoms with Crippen LogP contribution in [0.5, 0.6) is 0 Å². The molecule has 2 aromatic carbocycles. The minimum Gasteiger partial charge on any atom is -0.326 e. The molecule has 5 heteroatoms. The number of benzene rings is 2. The molecule has 1 atom stereocenters. The van der Waals surface area contributed by atoms with Gasteiger partial charge in [-0.3, -0.25) is 9.59 Å². The first kappa shape index (κ1) is 16.7. The molecule has 0 bridgehead atoms. The van der Waals surface area contributed by atoms with E-state index in [0.29, 0.717) is 23.2 Å². The number of rotatable bonds is 5. The number of amides is 1. The van der Waals surface area contributed by atoms with Crippen LogP contribution >= 0.6 is 11.8 Å². The van der Waals surface area contributed by atoms with E-state index in [4.69, 9.17) is 0 Å². The molecule has 0 aromatic heterocycles. The molecule has 4 nitrogen and oxygen atoms in total. The van der Waals surface area contributed by atoms with Crippen LogP contribution in [0.15, 0.2) is 54.6 Å². The van der Waals surface area contributed by atoms with Gasteiger partial charge in [0.05, 0.1) is 0 Å². The maximum Gasteiger partial charge on any atom is 0.225 e. The van der Waals surface area contributed by atoms with Crippen molar-refractivity contribution in [1.29, 1.82) is 0 Å². The van der Waals surface area contributed by atoms with Gasteiger partial charge in [-0.2, -0.15) is 11.8 Å². The van der Waals surface area contributed by atoms with Gasteiger partial charge in [-0.1, -0.05) is 42.5 Å². The second-order valence-electron chi connectivity index (χ2n) is 5.75. The third-order valence-electron chi connectivity index (χ3n) is 3.87. The Morgan fingerprint density at radius 3 is 2.62 bits per heavy atom. The van der Waals surface area contributed by atoms with Crippen LogP contribution in [0.4, 0.5) is 5.69 Å². The summed E-state index contributed by atoms with van der Waals surface area (Å²) in [6, 6.07) is 16.5. The fourth-order valence-electron chi connectivity index (χ4n) is 2.68. The van der Waals surface area contributed by atoms with E-state index in [0.717, 1.165) is 18.1 Å². The van der Waals surface area contributed by atoms with Crippen molar-refractivity contribution in [3.05, 3.63) is 65.7 Å². The molecule has 2 aromatic rings. The zero-order valence-electron chi connectivity index (χ0n) is 13.3. The van der Waals surface area contributed by atoms with Gasteiger partial charge in [0.2, 0.25) is 5.91 Å². The first-order valence-corrected chi connectivity index (χ1v) is 9.18. The number of hydrogen-bond donors (Lipinski definition) is 2. The van der Waals surface area contributed by atoms with Crippen molar-refractivity contribution in [3.8, 4) is 0 Å². The third kappa shape index (κ3) is 4.46.